The molecule has 1 heterocycles. The van der Waals surface area contributed by atoms with E-state index in [1.165, 1.54) is 0 Å². The Morgan fingerprint density at radius 1 is 1.15 bits per heavy atom. The highest BCUT2D eigenvalue weighted by molar-refractivity contribution is 9.12. The maximum absolute atomic E-state index is 12.6. The Kier molecular flexibility index (Phi) is 6.99. The quantitative estimate of drug-likeness (QED) is 0.469. The number of ether oxygens (including phenoxy) is 1. The summed E-state index contributed by atoms with van der Waals surface area (Å²) in [6, 6.07) is 4.95. The van der Waals surface area contributed by atoms with E-state index in [1.54, 1.807) is 29.3 Å². The zero-order chi connectivity index (χ0) is 19.5. The fourth-order valence-corrected chi connectivity index (χ4v) is 3.28. The summed E-state index contributed by atoms with van der Waals surface area (Å²) < 4.78 is 5.76. The molecule has 1 aromatic carbocycles. The van der Waals surface area contributed by atoms with Crippen LogP contribution in [-0.4, -0.2) is 53.5 Å². The van der Waals surface area contributed by atoms with Gasteiger partial charge in [0.15, 0.2) is 0 Å². The highest BCUT2D eigenvalue weighted by atomic mass is 79.9. The highest BCUT2D eigenvalue weighted by Crippen LogP contribution is 2.28. The van der Waals surface area contributed by atoms with Crippen LogP contribution < -0.4 is 0 Å². The summed E-state index contributed by atoms with van der Waals surface area (Å²) >= 11 is 15.4. The Morgan fingerprint density at radius 3 is 2.35 bits per heavy atom. The van der Waals surface area contributed by atoms with Crippen LogP contribution in [0.15, 0.2) is 28.9 Å². The van der Waals surface area contributed by atoms with Gasteiger partial charge in [0.1, 0.15) is 5.60 Å². The lowest BCUT2D eigenvalue weighted by Gasteiger charge is -2.35. The molecule has 26 heavy (non-hydrogen) atoms. The number of allylic oxidation sites excluding steroid dienone is 1. The molecule has 0 N–H and O–H groups in total. The lowest BCUT2D eigenvalue weighted by atomic mass is 10.1. The van der Waals surface area contributed by atoms with Crippen LogP contribution >= 0.6 is 39.1 Å². The maximum atomic E-state index is 12.6. The molecule has 0 atom stereocenters. The summed E-state index contributed by atoms with van der Waals surface area (Å²) in [5.41, 5.74) is -0.172. The van der Waals surface area contributed by atoms with Crippen LogP contribution in [0.1, 0.15) is 31.1 Å². The number of hydrogen-bond donors (Lipinski definition) is 0. The monoisotopic (exact) mass is 462 g/mol. The van der Waals surface area contributed by atoms with E-state index in [4.69, 9.17) is 27.9 Å². The van der Waals surface area contributed by atoms with Crippen molar-refractivity contribution in [3.05, 3.63) is 44.5 Å². The number of ketones is 1. The third-order valence-electron chi connectivity index (χ3n) is 3.68. The molecule has 0 spiro atoms. The van der Waals surface area contributed by atoms with E-state index in [2.05, 4.69) is 15.9 Å². The number of amides is 1. The highest BCUT2D eigenvalue weighted by Gasteiger charge is 2.25. The zero-order valence-corrected chi connectivity index (χ0v) is 18.0. The number of Topliss-reactive ketones (excluding diaryl/α,β-unsaturated/α-hetero) is 1. The molecule has 1 amide bonds. The molecule has 0 aromatic heterocycles. The number of halogens is 3. The smallest absolute Gasteiger partial charge is 0.410 e. The molecule has 0 unspecified atom stereocenters. The molecule has 0 saturated carbocycles. The second kappa shape index (κ2) is 8.63. The SMILES string of the molecule is CC(C)(C)OC(=O)N1CCN(C=C(Br)C(=O)c2cccc(Cl)c2Cl)CC1. The van der Waals surface area contributed by atoms with E-state index in [-0.39, 0.29) is 16.9 Å². The maximum Gasteiger partial charge on any atom is 0.410 e. The van der Waals surface area contributed by atoms with Crippen molar-refractivity contribution in [1.82, 2.24) is 9.80 Å². The number of piperazine rings is 1. The average Bonchev–Trinajstić information content (AvgIpc) is 2.55. The van der Waals surface area contributed by atoms with Crippen LogP contribution in [0.2, 0.25) is 10.0 Å². The Labute approximate surface area is 172 Å². The van der Waals surface area contributed by atoms with Crippen molar-refractivity contribution in [2.24, 2.45) is 0 Å². The molecule has 5 nitrogen and oxygen atoms in total. The van der Waals surface area contributed by atoms with Gasteiger partial charge in [-0.05, 0) is 48.8 Å². The van der Waals surface area contributed by atoms with E-state index in [0.717, 1.165) is 0 Å². The predicted octanol–water partition coefficient (Wildman–Crippen LogP) is 4.97. The van der Waals surface area contributed by atoms with Crippen LogP contribution in [0, 0.1) is 0 Å². The number of hydrogen-bond acceptors (Lipinski definition) is 4. The lowest BCUT2D eigenvalue weighted by molar-refractivity contribution is 0.0176. The third kappa shape index (κ3) is 5.63. The van der Waals surface area contributed by atoms with E-state index >= 15 is 0 Å². The molecular weight excluding hydrogens is 443 g/mol. The van der Waals surface area contributed by atoms with Gasteiger partial charge in [0.05, 0.1) is 14.5 Å². The van der Waals surface area contributed by atoms with Gasteiger partial charge in [-0.2, -0.15) is 0 Å². The minimum atomic E-state index is -0.514. The topological polar surface area (TPSA) is 49.9 Å². The van der Waals surface area contributed by atoms with E-state index in [0.29, 0.717) is 41.2 Å². The van der Waals surface area contributed by atoms with Crippen molar-refractivity contribution in [3.8, 4) is 0 Å². The van der Waals surface area contributed by atoms with Crippen LogP contribution in [0.3, 0.4) is 0 Å². The average molecular weight is 464 g/mol. The number of rotatable bonds is 3. The third-order valence-corrected chi connectivity index (χ3v) is 5.06. The standard InChI is InChI=1S/C18H21BrCl2N2O3/c1-18(2,3)26-17(25)23-9-7-22(8-10-23)11-13(19)16(24)12-5-4-6-14(20)15(12)21/h4-6,11H,7-10H2,1-3H3. The molecule has 0 aliphatic carbocycles. The van der Waals surface area contributed by atoms with E-state index in [1.807, 2.05) is 25.7 Å². The number of carbonyl (C=O) groups is 2. The van der Waals surface area contributed by atoms with Crippen LogP contribution in [0.25, 0.3) is 0 Å². The lowest BCUT2D eigenvalue weighted by Crippen LogP contribution is -2.48. The second-order valence-corrected chi connectivity index (χ2v) is 8.55. The molecular formula is C18H21BrCl2N2O3. The molecule has 1 aliphatic heterocycles. The Hall–Kier alpha value is -1.24. The first kappa shape index (κ1) is 21.1. The summed E-state index contributed by atoms with van der Waals surface area (Å²) in [7, 11) is 0. The minimum absolute atomic E-state index is 0.235. The Balaban J connectivity index is 1.98. The van der Waals surface area contributed by atoms with Crippen molar-refractivity contribution in [3.63, 3.8) is 0 Å². The van der Waals surface area contributed by atoms with Crippen molar-refractivity contribution < 1.29 is 14.3 Å². The van der Waals surface area contributed by atoms with Crippen molar-refractivity contribution in [2.75, 3.05) is 26.2 Å². The van der Waals surface area contributed by atoms with Gasteiger partial charge in [-0.15, -0.1) is 0 Å². The van der Waals surface area contributed by atoms with Crippen LogP contribution in [0.5, 0.6) is 0 Å². The number of nitrogens with zero attached hydrogens (tertiary/aromatic N) is 2. The molecule has 0 radical (unpaired) electrons. The molecule has 1 aromatic rings. The predicted molar refractivity (Wildman–Crippen MR) is 107 cm³/mol. The summed E-state index contributed by atoms with van der Waals surface area (Å²) in [6.45, 7) is 7.78. The fourth-order valence-electron chi connectivity index (χ4n) is 2.39. The molecule has 1 fully saturated rings. The van der Waals surface area contributed by atoms with Gasteiger partial charge >= 0.3 is 6.09 Å². The Bertz CT molecular complexity index is 724. The first-order chi connectivity index (χ1) is 12.1. The van der Waals surface area contributed by atoms with Gasteiger partial charge in [0, 0.05) is 37.9 Å². The molecule has 8 heteroatoms. The summed E-state index contributed by atoms with van der Waals surface area (Å²) in [5.74, 6) is -0.243. The molecule has 2 rings (SSSR count). The normalized spacial score (nSPS) is 15.8. The van der Waals surface area contributed by atoms with E-state index in [9.17, 15) is 9.59 Å². The van der Waals surface area contributed by atoms with Gasteiger partial charge in [0.25, 0.3) is 0 Å². The van der Waals surface area contributed by atoms with Gasteiger partial charge in [-0.1, -0.05) is 29.3 Å². The van der Waals surface area contributed by atoms with E-state index < -0.39 is 5.60 Å². The second-order valence-electron chi connectivity index (χ2n) is 6.91. The fraction of sp³-hybridized carbons (Fsp3) is 0.444. The van der Waals surface area contributed by atoms with Crippen molar-refractivity contribution in [2.45, 2.75) is 26.4 Å². The number of benzene rings is 1. The largest absolute Gasteiger partial charge is 0.444 e. The molecule has 1 aliphatic rings. The first-order valence-electron chi connectivity index (χ1n) is 8.16. The number of carbonyl (C=O) groups excluding carboxylic acids is 2. The zero-order valence-electron chi connectivity index (χ0n) is 14.9. The summed E-state index contributed by atoms with van der Waals surface area (Å²) in [6.07, 6.45) is 1.41. The van der Waals surface area contributed by atoms with Gasteiger partial charge in [0.2, 0.25) is 5.78 Å². The van der Waals surface area contributed by atoms with Gasteiger partial charge in [-0.3, -0.25) is 4.79 Å². The van der Waals surface area contributed by atoms with Gasteiger partial charge in [-0.25, -0.2) is 4.79 Å². The molecule has 0 bridgehead atoms. The summed E-state index contributed by atoms with van der Waals surface area (Å²) in [5, 5.41) is 0.572. The first-order valence-corrected chi connectivity index (χ1v) is 9.71. The molecule has 1 saturated heterocycles. The van der Waals surface area contributed by atoms with Crippen LogP contribution in [0.4, 0.5) is 4.79 Å². The molecule has 142 valence electrons. The van der Waals surface area contributed by atoms with Crippen LogP contribution in [-0.2, 0) is 4.74 Å². The van der Waals surface area contributed by atoms with Crippen molar-refractivity contribution in [1.29, 1.82) is 0 Å². The van der Waals surface area contributed by atoms with Gasteiger partial charge < -0.3 is 14.5 Å². The van der Waals surface area contributed by atoms with Crippen molar-refractivity contribution >= 4 is 51.0 Å². The Morgan fingerprint density at radius 2 is 1.77 bits per heavy atom. The summed E-state index contributed by atoms with van der Waals surface area (Å²) in [4.78, 5) is 28.3. The minimum Gasteiger partial charge on any atom is -0.444 e.